The van der Waals surface area contributed by atoms with Crippen LogP contribution in [0.5, 0.6) is 5.75 Å². The lowest BCUT2D eigenvalue weighted by Gasteiger charge is -1.99. The van der Waals surface area contributed by atoms with Gasteiger partial charge in [-0.05, 0) is 31.2 Å². The van der Waals surface area contributed by atoms with Crippen molar-refractivity contribution in [2.24, 2.45) is 10.2 Å². The third kappa shape index (κ3) is 7.78. The highest BCUT2D eigenvalue weighted by Crippen LogP contribution is 2.27. The molecule has 0 bridgehead atoms. The van der Waals surface area contributed by atoms with E-state index in [9.17, 15) is 9.90 Å². The first kappa shape index (κ1) is 28.1. The molecule has 0 radical (unpaired) electrons. The second-order valence-corrected chi connectivity index (χ2v) is 4.75. The number of H-pyrrole nitrogens is 1. The van der Waals surface area contributed by atoms with Crippen molar-refractivity contribution >= 4 is 11.4 Å². The van der Waals surface area contributed by atoms with Gasteiger partial charge in [0.25, 0.3) is 5.56 Å². The molecule has 1 aromatic heterocycles. The van der Waals surface area contributed by atoms with Gasteiger partial charge in [0.05, 0.1) is 11.4 Å². The number of phenols is 1. The summed E-state index contributed by atoms with van der Waals surface area (Å²) < 4.78 is 1.41. The monoisotopic (exact) mass is 400 g/mol. The van der Waals surface area contributed by atoms with Crippen LogP contribution in [0.15, 0.2) is 69.6 Å². The normalized spacial score (nSPS) is 9.07. The van der Waals surface area contributed by atoms with E-state index in [-0.39, 0.29) is 24.4 Å². The Morgan fingerprint density at radius 2 is 1.34 bits per heavy atom. The predicted octanol–water partition coefficient (Wildman–Crippen LogP) is 7.31. The van der Waals surface area contributed by atoms with Crippen molar-refractivity contribution in [1.29, 1.82) is 0 Å². The fourth-order valence-electron chi connectivity index (χ4n) is 2.07. The Hall–Kier alpha value is -3.15. The zero-order valence-corrected chi connectivity index (χ0v) is 17.9. The maximum atomic E-state index is 12.4. The SMILES string of the molecule is C.CC.CC.CC.Cc1[nH]n(-c2ccccc2)c(=O)c1N=Nc1ccccc1O. The van der Waals surface area contributed by atoms with Crippen molar-refractivity contribution in [3.63, 3.8) is 0 Å². The van der Waals surface area contributed by atoms with Gasteiger partial charge in [0.15, 0.2) is 5.69 Å². The van der Waals surface area contributed by atoms with Crippen molar-refractivity contribution < 1.29 is 5.11 Å². The number of phenolic OH excluding ortho intramolecular Hbond substituents is 1. The Kier molecular flexibility index (Phi) is 15.4. The molecule has 1 heterocycles. The van der Waals surface area contributed by atoms with Gasteiger partial charge in [-0.25, -0.2) is 4.68 Å². The van der Waals surface area contributed by atoms with Crippen molar-refractivity contribution in [3.05, 3.63) is 70.6 Å². The molecule has 29 heavy (non-hydrogen) atoms. The van der Waals surface area contributed by atoms with Gasteiger partial charge in [0.1, 0.15) is 11.4 Å². The second kappa shape index (κ2) is 15.9. The Balaban J connectivity index is 0. The smallest absolute Gasteiger partial charge is 0.299 e. The van der Waals surface area contributed by atoms with E-state index in [0.717, 1.165) is 5.69 Å². The molecule has 0 saturated carbocycles. The molecule has 3 aromatic rings. The molecule has 0 aliphatic carbocycles. The average molecular weight is 401 g/mol. The van der Waals surface area contributed by atoms with Crippen LogP contribution in [-0.4, -0.2) is 14.9 Å². The first-order valence-corrected chi connectivity index (χ1v) is 9.73. The maximum Gasteiger partial charge on any atom is 0.299 e. The molecule has 160 valence electrons. The number of azo groups is 1. The summed E-state index contributed by atoms with van der Waals surface area (Å²) in [7, 11) is 0. The first-order valence-electron chi connectivity index (χ1n) is 9.73. The molecule has 0 aliphatic heterocycles. The fraction of sp³-hybridized carbons (Fsp3) is 0.348. The number of aromatic hydroxyl groups is 1. The van der Waals surface area contributed by atoms with Crippen LogP contribution in [0.25, 0.3) is 5.69 Å². The molecule has 0 atom stereocenters. The zero-order valence-electron chi connectivity index (χ0n) is 17.9. The summed E-state index contributed by atoms with van der Waals surface area (Å²) in [5, 5.41) is 20.6. The molecule has 0 aliphatic rings. The van der Waals surface area contributed by atoms with Gasteiger partial charge < -0.3 is 5.11 Å². The van der Waals surface area contributed by atoms with Gasteiger partial charge in [-0.3, -0.25) is 9.89 Å². The molecule has 0 spiro atoms. The number of aromatic nitrogens is 2. The van der Waals surface area contributed by atoms with Crippen LogP contribution in [0.2, 0.25) is 0 Å². The molecule has 0 saturated heterocycles. The van der Waals surface area contributed by atoms with Crippen LogP contribution in [0.4, 0.5) is 11.4 Å². The van der Waals surface area contributed by atoms with E-state index in [1.807, 2.05) is 71.9 Å². The summed E-state index contributed by atoms with van der Waals surface area (Å²) in [6.07, 6.45) is 0. The third-order valence-electron chi connectivity index (χ3n) is 3.19. The molecule has 0 fully saturated rings. The zero-order chi connectivity index (χ0) is 21.5. The van der Waals surface area contributed by atoms with Gasteiger partial charge in [-0.1, -0.05) is 79.3 Å². The Morgan fingerprint density at radius 1 is 0.828 bits per heavy atom. The topological polar surface area (TPSA) is 82.7 Å². The highest BCUT2D eigenvalue weighted by atomic mass is 16.3. The molecule has 0 unspecified atom stereocenters. The van der Waals surface area contributed by atoms with Gasteiger partial charge >= 0.3 is 0 Å². The molecule has 2 aromatic carbocycles. The summed E-state index contributed by atoms with van der Waals surface area (Å²) in [5.74, 6) is 0.0165. The van der Waals surface area contributed by atoms with E-state index in [1.165, 1.54) is 10.7 Å². The standard InChI is InChI=1S/C16H14N4O2.3C2H6.CH4/c1-11-15(18-17-13-9-5-6-10-14(13)21)16(22)20(19-11)12-7-3-2-4-8-12;3*1-2;/h2-10,19,21H,1H3;3*1-2H3;1H4. The third-order valence-corrected chi connectivity index (χ3v) is 3.19. The predicted molar refractivity (Wildman–Crippen MR) is 124 cm³/mol. The Morgan fingerprint density at radius 3 is 1.90 bits per heavy atom. The quantitative estimate of drug-likeness (QED) is 0.452. The summed E-state index contributed by atoms with van der Waals surface area (Å²) in [6.45, 7) is 13.8. The minimum absolute atomic E-state index is 0. The second-order valence-electron chi connectivity index (χ2n) is 4.75. The summed E-state index contributed by atoms with van der Waals surface area (Å²) in [4.78, 5) is 12.4. The first-order chi connectivity index (χ1) is 13.7. The number of nitrogens with one attached hydrogen (secondary N) is 1. The number of benzene rings is 2. The number of hydrogen-bond donors (Lipinski definition) is 2. The van der Waals surface area contributed by atoms with Gasteiger partial charge in [0.2, 0.25) is 0 Å². The highest BCUT2D eigenvalue weighted by molar-refractivity contribution is 5.51. The van der Waals surface area contributed by atoms with Crippen LogP contribution >= 0.6 is 0 Å². The number of hydrogen-bond acceptors (Lipinski definition) is 4. The molecular formula is C23H36N4O2. The molecule has 6 nitrogen and oxygen atoms in total. The van der Waals surface area contributed by atoms with Crippen molar-refractivity contribution in [2.45, 2.75) is 55.9 Å². The van der Waals surface area contributed by atoms with E-state index in [2.05, 4.69) is 15.3 Å². The Labute approximate surface area is 174 Å². The minimum Gasteiger partial charge on any atom is -0.506 e. The fourth-order valence-corrected chi connectivity index (χ4v) is 2.07. The highest BCUT2D eigenvalue weighted by Gasteiger charge is 2.12. The number of rotatable bonds is 3. The molecule has 2 N–H and O–H groups in total. The summed E-state index contributed by atoms with van der Waals surface area (Å²) in [5.41, 5.74) is 1.57. The lowest BCUT2D eigenvalue weighted by atomic mass is 10.3. The van der Waals surface area contributed by atoms with Crippen LogP contribution in [0.3, 0.4) is 0 Å². The van der Waals surface area contributed by atoms with Crippen LogP contribution in [0.1, 0.15) is 54.7 Å². The van der Waals surface area contributed by atoms with E-state index < -0.39 is 0 Å². The lowest BCUT2D eigenvalue weighted by Crippen LogP contribution is -2.13. The Bertz CT molecular complexity index is 881. The lowest BCUT2D eigenvalue weighted by molar-refractivity contribution is 0.476. The van der Waals surface area contributed by atoms with Crippen LogP contribution < -0.4 is 5.56 Å². The van der Waals surface area contributed by atoms with E-state index in [0.29, 0.717) is 11.4 Å². The number of aryl methyl sites for hydroxylation is 1. The number of nitrogens with zero attached hydrogens (tertiary/aromatic N) is 3. The number of para-hydroxylation sites is 2. The largest absolute Gasteiger partial charge is 0.506 e. The van der Waals surface area contributed by atoms with E-state index in [4.69, 9.17) is 0 Å². The van der Waals surface area contributed by atoms with Crippen molar-refractivity contribution in [2.75, 3.05) is 0 Å². The van der Waals surface area contributed by atoms with Crippen molar-refractivity contribution in [3.8, 4) is 11.4 Å². The van der Waals surface area contributed by atoms with Gasteiger partial charge in [-0.2, -0.15) is 0 Å². The van der Waals surface area contributed by atoms with Crippen LogP contribution in [0, 0.1) is 6.92 Å². The van der Waals surface area contributed by atoms with Crippen LogP contribution in [-0.2, 0) is 0 Å². The maximum absolute atomic E-state index is 12.4. The number of aromatic amines is 1. The van der Waals surface area contributed by atoms with E-state index in [1.54, 1.807) is 25.1 Å². The van der Waals surface area contributed by atoms with E-state index >= 15 is 0 Å². The van der Waals surface area contributed by atoms with Crippen molar-refractivity contribution in [1.82, 2.24) is 9.78 Å². The van der Waals surface area contributed by atoms with Gasteiger partial charge in [-0.15, -0.1) is 10.2 Å². The molecular weight excluding hydrogens is 364 g/mol. The summed E-state index contributed by atoms with van der Waals surface area (Å²) >= 11 is 0. The minimum atomic E-state index is -0.289. The van der Waals surface area contributed by atoms with Gasteiger partial charge in [0, 0.05) is 0 Å². The summed E-state index contributed by atoms with van der Waals surface area (Å²) in [6, 6.07) is 15.8. The average Bonchev–Trinajstić information content (AvgIpc) is 3.06. The molecule has 0 amide bonds. The molecule has 3 rings (SSSR count). The molecule has 6 heteroatoms.